The number of aliphatic imine (C=N–C) groups is 1. The van der Waals surface area contributed by atoms with Gasteiger partial charge in [0.15, 0.2) is 11.5 Å². The van der Waals surface area contributed by atoms with Gasteiger partial charge in [-0.05, 0) is 55.4 Å². The number of aromatic hydroxyl groups is 1. The topological polar surface area (TPSA) is 45.1 Å². The highest BCUT2D eigenvalue weighted by atomic mass is 32.1. The fourth-order valence-electron chi connectivity index (χ4n) is 3.27. The van der Waals surface area contributed by atoms with Crippen molar-refractivity contribution in [2.45, 2.75) is 25.8 Å². The van der Waals surface area contributed by atoms with Gasteiger partial charge in [-0.1, -0.05) is 19.1 Å². The van der Waals surface area contributed by atoms with Crippen LogP contribution < -0.4 is 4.74 Å². The number of methoxy groups -OCH3 is 1. The lowest BCUT2D eigenvalue weighted by molar-refractivity contribution is 0.143. The van der Waals surface area contributed by atoms with E-state index in [9.17, 15) is 5.11 Å². The molecule has 1 N–H and O–H groups in total. The van der Waals surface area contributed by atoms with Gasteiger partial charge in [-0.25, -0.2) is 0 Å². The zero-order valence-electron chi connectivity index (χ0n) is 14.9. The van der Waals surface area contributed by atoms with Gasteiger partial charge in [0, 0.05) is 16.7 Å². The molecule has 0 aliphatic carbocycles. The largest absolute Gasteiger partial charge is 0.504 e. The highest BCUT2D eigenvalue weighted by Crippen LogP contribution is 2.31. The number of hydrogen-bond donors (Lipinski definition) is 1. The summed E-state index contributed by atoms with van der Waals surface area (Å²) < 4.78 is 5.16. The van der Waals surface area contributed by atoms with E-state index in [1.807, 2.05) is 12.1 Å². The number of phenolic OH excluding ortho intramolecular Hbond substituents is 1. The van der Waals surface area contributed by atoms with Crippen LogP contribution in [-0.4, -0.2) is 43.0 Å². The van der Waals surface area contributed by atoms with E-state index in [4.69, 9.17) is 4.74 Å². The van der Waals surface area contributed by atoms with Gasteiger partial charge in [-0.3, -0.25) is 9.89 Å². The van der Waals surface area contributed by atoms with Gasteiger partial charge in [0.25, 0.3) is 0 Å². The summed E-state index contributed by atoms with van der Waals surface area (Å²) in [5.41, 5.74) is 0.691. The third-order valence-corrected chi connectivity index (χ3v) is 5.86. The van der Waals surface area contributed by atoms with Gasteiger partial charge in [0.1, 0.15) is 0 Å². The Morgan fingerprint density at radius 3 is 2.80 bits per heavy atom. The molecular formula is C20H26N2O2S. The van der Waals surface area contributed by atoms with Crippen LogP contribution in [0.2, 0.25) is 0 Å². The molecule has 0 unspecified atom stereocenters. The smallest absolute Gasteiger partial charge is 0.166 e. The number of nitrogens with zero attached hydrogens (tertiary/aromatic N) is 2. The first-order chi connectivity index (χ1) is 12.2. The number of rotatable bonds is 6. The number of para-hydroxylation sites is 1. The zero-order valence-corrected chi connectivity index (χ0v) is 15.7. The van der Waals surface area contributed by atoms with E-state index in [0.29, 0.717) is 23.9 Å². The number of piperidine rings is 1. The molecule has 2 heterocycles. The molecule has 1 aliphatic rings. The second-order valence-electron chi connectivity index (χ2n) is 6.64. The second-order valence-corrected chi connectivity index (χ2v) is 7.62. The van der Waals surface area contributed by atoms with E-state index in [2.05, 4.69) is 34.3 Å². The molecule has 0 radical (unpaired) electrons. The molecule has 1 fully saturated rings. The Morgan fingerprint density at radius 1 is 1.32 bits per heavy atom. The summed E-state index contributed by atoms with van der Waals surface area (Å²) in [5.74, 6) is 1.44. The lowest BCUT2D eigenvalue weighted by Gasteiger charge is -2.35. The van der Waals surface area contributed by atoms with E-state index < -0.39 is 0 Å². The van der Waals surface area contributed by atoms with Crippen LogP contribution in [0.4, 0.5) is 0 Å². The lowest BCUT2D eigenvalue weighted by Crippen LogP contribution is -2.37. The van der Waals surface area contributed by atoms with Crippen LogP contribution in [0, 0.1) is 5.92 Å². The van der Waals surface area contributed by atoms with Crippen molar-refractivity contribution in [2.75, 3.05) is 26.7 Å². The molecule has 4 nitrogen and oxygen atoms in total. The van der Waals surface area contributed by atoms with Crippen molar-refractivity contribution < 1.29 is 9.84 Å². The van der Waals surface area contributed by atoms with Gasteiger partial charge >= 0.3 is 0 Å². The standard InChI is InChI=1S/C20H26N2O2S/c1-15-8-10-22(11-9-15)17(19-7-4-12-25-19)14-21-13-16-5-3-6-18(24-2)20(16)23/h3-7,12-13,15,17,23H,8-11,14H2,1-2H3/t17-/m1/s1. The highest BCUT2D eigenvalue weighted by molar-refractivity contribution is 7.10. The summed E-state index contributed by atoms with van der Waals surface area (Å²) in [6, 6.07) is 10.1. The molecule has 3 rings (SSSR count). The maximum atomic E-state index is 10.2. The monoisotopic (exact) mass is 358 g/mol. The van der Waals surface area contributed by atoms with Crippen LogP contribution in [0.25, 0.3) is 0 Å². The van der Waals surface area contributed by atoms with Crippen LogP contribution in [0.15, 0.2) is 40.7 Å². The van der Waals surface area contributed by atoms with Crippen molar-refractivity contribution in [3.63, 3.8) is 0 Å². The molecule has 134 valence electrons. The first-order valence-corrected chi connectivity index (χ1v) is 9.70. The van der Waals surface area contributed by atoms with E-state index in [1.165, 1.54) is 17.7 Å². The van der Waals surface area contributed by atoms with Crippen LogP contribution in [0.3, 0.4) is 0 Å². The summed E-state index contributed by atoms with van der Waals surface area (Å²) >= 11 is 1.80. The van der Waals surface area contributed by atoms with Crippen molar-refractivity contribution in [1.29, 1.82) is 0 Å². The minimum atomic E-state index is 0.147. The first-order valence-electron chi connectivity index (χ1n) is 8.82. The average molecular weight is 359 g/mol. The third kappa shape index (κ3) is 4.41. The van der Waals surface area contributed by atoms with E-state index in [1.54, 1.807) is 30.7 Å². The predicted octanol–water partition coefficient (Wildman–Crippen LogP) is 4.35. The Hall–Kier alpha value is -1.85. The molecule has 0 bridgehead atoms. The molecule has 2 aromatic rings. The molecule has 0 spiro atoms. The van der Waals surface area contributed by atoms with Crippen LogP contribution in [0.1, 0.15) is 36.2 Å². The summed E-state index contributed by atoms with van der Waals surface area (Å²) in [6.45, 7) is 5.29. The van der Waals surface area contributed by atoms with Crippen molar-refractivity contribution in [1.82, 2.24) is 4.90 Å². The maximum Gasteiger partial charge on any atom is 0.166 e. The normalized spacial score (nSPS) is 17.8. The molecule has 0 amide bonds. The molecule has 5 heteroatoms. The first kappa shape index (κ1) is 18.0. The van der Waals surface area contributed by atoms with Crippen LogP contribution >= 0.6 is 11.3 Å². The second kappa shape index (κ2) is 8.50. The molecular weight excluding hydrogens is 332 g/mol. The Kier molecular flexibility index (Phi) is 6.10. The van der Waals surface area contributed by atoms with Crippen molar-refractivity contribution >= 4 is 17.6 Å². The van der Waals surface area contributed by atoms with E-state index in [0.717, 1.165) is 19.0 Å². The summed E-state index contributed by atoms with van der Waals surface area (Å²) in [7, 11) is 1.56. The number of thiophene rings is 1. The number of hydrogen-bond acceptors (Lipinski definition) is 5. The highest BCUT2D eigenvalue weighted by Gasteiger charge is 2.24. The van der Waals surface area contributed by atoms with E-state index in [-0.39, 0.29) is 5.75 Å². The number of benzene rings is 1. The minimum Gasteiger partial charge on any atom is -0.504 e. The molecule has 25 heavy (non-hydrogen) atoms. The van der Waals surface area contributed by atoms with Gasteiger partial charge in [-0.2, -0.15) is 0 Å². The Bertz CT molecular complexity index is 692. The van der Waals surface area contributed by atoms with Crippen molar-refractivity contribution in [2.24, 2.45) is 10.9 Å². The predicted molar refractivity (Wildman–Crippen MR) is 104 cm³/mol. The minimum absolute atomic E-state index is 0.147. The van der Waals surface area contributed by atoms with Gasteiger partial charge in [0.2, 0.25) is 0 Å². The molecule has 1 aliphatic heterocycles. The van der Waals surface area contributed by atoms with Gasteiger partial charge in [-0.15, -0.1) is 11.3 Å². The number of phenols is 1. The van der Waals surface area contributed by atoms with Gasteiger partial charge < -0.3 is 9.84 Å². The molecule has 1 aromatic carbocycles. The fraction of sp³-hybridized carbons (Fsp3) is 0.450. The molecule has 1 atom stereocenters. The van der Waals surface area contributed by atoms with Crippen molar-refractivity contribution in [3.05, 3.63) is 46.2 Å². The maximum absolute atomic E-state index is 10.2. The summed E-state index contributed by atoms with van der Waals surface area (Å²) in [5, 5.41) is 12.3. The summed E-state index contributed by atoms with van der Waals surface area (Å²) in [4.78, 5) is 8.57. The number of ether oxygens (including phenoxy) is 1. The SMILES string of the molecule is COc1cccc(C=NC[C@H](c2cccs2)N2CCC(C)CC2)c1O. The van der Waals surface area contributed by atoms with E-state index >= 15 is 0 Å². The third-order valence-electron chi connectivity index (χ3n) is 4.89. The van der Waals surface area contributed by atoms with Crippen molar-refractivity contribution in [3.8, 4) is 11.5 Å². The Labute approximate surface area is 153 Å². The Balaban J connectivity index is 1.73. The van der Waals surface area contributed by atoms with Crippen LogP contribution in [-0.2, 0) is 0 Å². The molecule has 1 saturated heterocycles. The zero-order chi connectivity index (χ0) is 17.6. The summed E-state index contributed by atoms with van der Waals surface area (Å²) in [6.07, 6.45) is 4.26. The fourth-order valence-corrected chi connectivity index (χ4v) is 4.12. The average Bonchev–Trinajstić information content (AvgIpc) is 3.15. The quantitative estimate of drug-likeness (QED) is 0.781. The Morgan fingerprint density at radius 2 is 2.12 bits per heavy atom. The van der Waals surface area contributed by atoms with Gasteiger partial charge in [0.05, 0.1) is 19.7 Å². The molecule has 1 aromatic heterocycles. The number of likely N-dealkylation sites (tertiary alicyclic amines) is 1. The van der Waals surface area contributed by atoms with Crippen LogP contribution in [0.5, 0.6) is 11.5 Å². The molecule has 0 saturated carbocycles. The lowest BCUT2D eigenvalue weighted by atomic mass is 9.97.